The van der Waals surface area contributed by atoms with Crippen LogP contribution in [0.4, 0.5) is 0 Å². The van der Waals surface area contributed by atoms with Gasteiger partial charge in [0.25, 0.3) is 0 Å². The summed E-state index contributed by atoms with van der Waals surface area (Å²) in [6.45, 7) is 16.6. The summed E-state index contributed by atoms with van der Waals surface area (Å²) in [6, 6.07) is 0. The first kappa shape index (κ1) is 24.6. The molecule has 138 valence electrons. The minimum Gasteiger partial charge on any atom is -0.147 e. The van der Waals surface area contributed by atoms with Gasteiger partial charge in [0.2, 0.25) is 0 Å². The molecule has 0 radical (unpaired) electrons. The molecule has 0 N–H and O–H groups in total. The zero-order valence-corrected chi connectivity index (χ0v) is 23.4. The van der Waals surface area contributed by atoms with Crippen molar-refractivity contribution in [2.24, 2.45) is 11.8 Å². The number of allylic oxidation sites excluding steroid dienone is 8. The van der Waals surface area contributed by atoms with Crippen LogP contribution in [-0.2, 0) is 17.1 Å². The Balaban J connectivity index is 0.00000264. The molecule has 0 aromatic heterocycles. The predicted molar refractivity (Wildman–Crippen MR) is 115 cm³/mol. The van der Waals surface area contributed by atoms with E-state index in [9.17, 15) is 0 Å². The molecular weight excluding hydrogens is 518 g/mol. The molecule has 0 aliphatic heterocycles. The van der Waals surface area contributed by atoms with Gasteiger partial charge in [-0.3, -0.25) is 0 Å². The molecule has 4 heteroatoms. The second kappa shape index (κ2) is 8.11. The summed E-state index contributed by atoms with van der Waals surface area (Å²) < 4.78 is 9.15. The average Bonchev–Trinajstić information content (AvgIpc) is 2.92. The summed E-state index contributed by atoms with van der Waals surface area (Å²) in [5, 5.41) is 0. The summed E-state index contributed by atoms with van der Waals surface area (Å²) in [5.74, 6) is 1.32. The Morgan fingerprint density at radius 1 is 0.792 bits per heavy atom. The molecule has 0 unspecified atom stereocenters. The van der Waals surface area contributed by atoms with E-state index in [1.54, 1.807) is 22.3 Å². The zero-order chi connectivity index (χ0) is 16.9. The normalized spacial score (nSPS) is 18.8. The maximum Gasteiger partial charge on any atom is -0.147 e. The fourth-order valence-electron chi connectivity index (χ4n) is 4.73. The SMILES string of the molecule is CC1=CC[C]([Hf]([CH3])([CH3])(=[SiH2])[C]2=C(C(C)C)C(C)=CC2)=C1C(C)C.Cl.Cl. The van der Waals surface area contributed by atoms with Crippen molar-refractivity contribution in [3.05, 3.63) is 41.1 Å². The van der Waals surface area contributed by atoms with Crippen molar-refractivity contribution in [2.45, 2.75) is 63.7 Å². The molecule has 0 saturated heterocycles. The van der Waals surface area contributed by atoms with E-state index in [4.69, 9.17) is 0 Å². The number of halogens is 2. The molecule has 0 saturated carbocycles. The molecule has 0 fully saturated rings. The molecule has 2 aliphatic carbocycles. The second-order valence-electron chi connectivity index (χ2n) is 8.96. The van der Waals surface area contributed by atoms with E-state index in [0.717, 1.165) is 0 Å². The molecular formula is C20H36Cl2HfSi. The average molecular weight is 554 g/mol. The van der Waals surface area contributed by atoms with Crippen molar-refractivity contribution >= 4 is 31.8 Å². The van der Waals surface area contributed by atoms with E-state index >= 15 is 0 Å². The van der Waals surface area contributed by atoms with Gasteiger partial charge in [-0.2, -0.15) is 0 Å². The maximum absolute atomic E-state index is 3.16. The van der Waals surface area contributed by atoms with Gasteiger partial charge in [-0.15, -0.1) is 24.8 Å². The molecule has 0 aromatic rings. The van der Waals surface area contributed by atoms with Crippen LogP contribution in [0.25, 0.3) is 0 Å². The monoisotopic (exact) mass is 554 g/mol. The number of hydrogen-bond donors (Lipinski definition) is 0. The van der Waals surface area contributed by atoms with Gasteiger partial charge in [0, 0.05) is 0 Å². The van der Waals surface area contributed by atoms with E-state index < -0.39 is 17.1 Å². The van der Waals surface area contributed by atoms with Gasteiger partial charge in [0.05, 0.1) is 0 Å². The number of hydrogen-bond acceptors (Lipinski definition) is 0. The van der Waals surface area contributed by atoms with Gasteiger partial charge < -0.3 is 0 Å². The quantitative estimate of drug-likeness (QED) is 0.341. The smallest absolute Gasteiger partial charge is 0.147 e. The van der Waals surface area contributed by atoms with Crippen LogP contribution in [0.15, 0.2) is 41.1 Å². The van der Waals surface area contributed by atoms with Crippen LogP contribution < -0.4 is 0 Å². The van der Waals surface area contributed by atoms with Crippen LogP contribution in [-0.4, -0.2) is 6.94 Å². The Hall–Kier alpha value is 0.627. The maximum atomic E-state index is 2.70. The Labute approximate surface area is 164 Å². The second-order valence-corrected chi connectivity index (χ2v) is 50.0. The zero-order valence-electron chi connectivity index (χ0n) is 16.7. The van der Waals surface area contributed by atoms with Crippen molar-refractivity contribution in [2.75, 3.05) is 0 Å². The molecule has 2 aliphatic rings. The molecule has 0 bridgehead atoms. The summed E-state index contributed by atoms with van der Waals surface area (Å²) in [5.41, 5.74) is 6.52. The van der Waals surface area contributed by atoms with Crippen molar-refractivity contribution in [1.82, 2.24) is 0 Å². The molecule has 0 spiro atoms. The van der Waals surface area contributed by atoms with E-state index in [1.807, 2.05) is 6.66 Å². The summed E-state index contributed by atoms with van der Waals surface area (Å²) >= 11 is -3.16. The molecule has 0 aromatic carbocycles. The van der Waals surface area contributed by atoms with E-state index in [1.165, 1.54) is 12.8 Å². The fraction of sp³-hybridized carbons (Fsp3) is 0.600. The van der Waals surface area contributed by atoms with Gasteiger partial charge in [-0.05, 0) is 0 Å². The van der Waals surface area contributed by atoms with Crippen molar-refractivity contribution < 1.29 is 17.1 Å². The molecule has 2 rings (SSSR count). The molecule has 0 nitrogen and oxygen atoms in total. The third kappa shape index (κ3) is 4.13. The van der Waals surface area contributed by atoms with Crippen LogP contribution in [0.1, 0.15) is 54.4 Å². The first-order valence-electron chi connectivity index (χ1n) is 8.84. The first-order valence-corrected chi connectivity index (χ1v) is 27.9. The summed E-state index contributed by atoms with van der Waals surface area (Å²) in [4.78, 5) is 0. The largest absolute Gasteiger partial charge is 0.147 e. The van der Waals surface area contributed by atoms with Gasteiger partial charge in [0.15, 0.2) is 0 Å². The van der Waals surface area contributed by atoms with E-state index in [0.29, 0.717) is 11.8 Å². The Bertz CT molecular complexity index is 643. The third-order valence-electron chi connectivity index (χ3n) is 5.82. The van der Waals surface area contributed by atoms with Crippen molar-refractivity contribution in [3.8, 4) is 0 Å². The Morgan fingerprint density at radius 3 is 1.33 bits per heavy atom. The Morgan fingerprint density at radius 2 is 1.08 bits per heavy atom. The van der Waals surface area contributed by atoms with Crippen molar-refractivity contribution in [1.29, 1.82) is 0 Å². The minimum absolute atomic E-state index is 0. The number of rotatable bonds is 4. The Kier molecular flexibility index (Phi) is 8.32. The van der Waals surface area contributed by atoms with Crippen LogP contribution >= 0.6 is 24.8 Å². The van der Waals surface area contributed by atoms with Gasteiger partial charge in [-0.25, -0.2) is 0 Å². The van der Waals surface area contributed by atoms with E-state index in [-0.39, 0.29) is 24.8 Å². The van der Waals surface area contributed by atoms with Crippen LogP contribution in [0.5, 0.6) is 0 Å². The van der Waals surface area contributed by atoms with Crippen LogP contribution in [0, 0.1) is 11.8 Å². The molecule has 0 atom stereocenters. The van der Waals surface area contributed by atoms with Gasteiger partial charge >= 0.3 is 141 Å². The summed E-state index contributed by atoms with van der Waals surface area (Å²) in [6.07, 6.45) is 7.43. The first-order chi connectivity index (χ1) is 9.96. The fourth-order valence-corrected chi connectivity index (χ4v) is 26.7. The van der Waals surface area contributed by atoms with E-state index in [2.05, 4.69) is 70.0 Å². The van der Waals surface area contributed by atoms with Gasteiger partial charge in [0.1, 0.15) is 0 Å². The predicted octanol–water partition coefficient (Wildman–Crippen LogP) is 6.68. The van der Waals surface area contributed by atoms with Crippen molar-refractivity contribution in [3.63, 3.8) is 0 Å². The standard InChI is InChI=1S/2C9H13.2CH3.2ClH.Hf.H2Si/c2*1-7(2)9-6-4-5-8(9)3;;;;;;/h2*5,7H,4H2,1-3H3;2*1H3;2*1H;;1H2. The third-order valence-corrected chi connectivity index (χ3v) is 30.1. The minimum atomic E-state index is -3.16. The summed E-state index contributed by atoms with van der Waals surface area (Å²) in [7, 11) is 0. The van der Waals surface area contributed by atoms with Crippen LogP contribution in [0.2, 0.25) is 9.36 Å². The molecule has 24 heavy (non-hydrogen) atoms. The molecule has 0 heterocycles. The van der Waals surface area contributed by atoms with Gasteiger partial charge in [-0.1, -0.05) is 0 Å². The topological polar surface area (TPSA) is 0 Å². The molecule has 0 amide bonds. The van der Waals surface area contributed by atoms with Crippen LogP contribution in [0.3, 0.4) is 0 Å².